The van der Waals surface area contributed by atoms with Crippen molar-refractivity contribution in [1.29, 1.82) is 0 Å². The first-order chi connectivity index (χ1) is 14.7. The van der Waals surface area contributed by atoms with E-state index in [-0.39, 0.29) is 17.8 Å². The van der Waals surface area contributed by atoms with Gasteiger partial charge in [0.25, 0.3) is 0 Å². The Labute approximate surface area is 182 Å². The molecule has 1 aromatic carbocycles. The number of nitrogens with two attached hydrogens (primary N) is 1. The van der Waals surface area contributed by atoms with Crippen molar-refractivity contribution in [3.8, 4) is 0 Å². The fraction of sp³-hybridized carbons (Fsp3) is 0.591. The smallest absolute Gasteiger partial charge is 0.410 e. The molecule has 1 aromatic heterocycles. The number of carbonyl (C=O) groups excluding carboxylic acids is 1. The number of amides is 1. The zero-order valence-corrected chi connectivity index (χ0v) is 18.5. The molecule has 3 heterocycles. The van der Waals surface area contributed by atoms with Crippen LogP contribution in [0.25, 0.3) is 0 Å². The zero-order valence-electron chi connectivity index (χ0n) is 18.5. The molecule has 0 bridgehead atoms. The number of nitrogen functional groups attached to an aromatic ring is 1. The highest BCUT2D eigenvalue weighted by Gasteiger charge is 2.29. The maximum Gasteiger partial charge on any atom is 0.410 e. The molecule has 9 heteroatoms. The molecular weight excluding hydrogens is 399 g/mol. The number of fused-ring (bicyclic) bond motifs is 1. The van der Waals surface area contributed by atoms with E-state index < -0.39 is 5.60 Å². The molecule has 1 saturated heterocycles. The minimum atomic E-state index is -0.519. The number of ether oxygens (including phenoxy) is 1. The molecule has 0 spiro atoms. The topological polar surface area (TPSA) is 89.5 Å². The third-order valence-corrected chi connectivity index (χ3v) is 5.90. The normalized spacial score (nSPS) is 18.1. The van der Waals surface area contributed by atoms with Crippen LogP contribution in [0.2, 0.25) is 0 Å². The molecule has 2 aliphatic rings. The molecule has 2 aliphatic heterocycles. The zero-order chi connectivity index (χ0) is 22.2. The van der Waals surface area contributed by atoms with Crippen molar-refractivity contribution >= 4 is 11.8 Å². The Balaban J connectivity index is 1.34. The molecule has 1 amide bonds. The third-order valence-electron chi connectivity index (χ3n) is 5.90. The number of rotatable bonds is 3. The maximum atomic E-state index is 14.3. The summed E-state index contributed by atoms with van der Waals surface area (Å²) in [4.78, 5) is 16.4. The summed E-state index contributed by atoms with van der Waals surface area (Å²) in [6.45, 7) is 9.68. The number of aromatic nitrogens is 3. The number of carbonyl (C=O) groups is 1. The van der Waals surface area contributed by atoms with Gasteiger partial charge in [0.2, 0.25) is 0 Å². The number of hydrogen-bond acceptors (Lipinski definition) is 6. The van der Waals surface area contributed by atoms with Gasteiger partial charge in [-0.2, -0.15) is 0 Å². The number of piperidine rings is 1. The lowest BCUT2D eigenvalue weighted by atomic mass is 9.89. The van der Waals surface area contributed by atoms with E-state index in [1.54, 1.807) is 11.0 Å². The van der Waals surface area contributed by atoms with Crippen molar-refractivity contribution < 1.29 is 13.9 Å². The average Bonchev–Trinajstić information content (AvgIpc) is 3.09. The summed E-state index contributed by atoms with van der Waals surface area (Å²) in [6.07, 6.45) is 1.47. The van der Waals surface area contributed by atoms with Gasteiger partial charge in [-0.05, 0) is 70.3 Å². The van der Waals surface area contributed by atoms with E-state index in [0.717, 1.165) is 43.1 Å². The molecule has 0 saturated carbocycles. The summed E-state index contributed by atoms with van der Waals surface area (Å²) in [5.74, 6) is 1.70. The Morgan fingerprint density at radius 2 is 1.94 bits per heavy atom. The second-order valence-corrected chi connectivity index (χ2v) is 9.42. The Kier molecular flexibility index (Phi) is 5.88. The molecule has 2 N–H and O–H groups in total. The molecule has 168 valence electrons. The number of nitrogens with zero attached hydrogens (tertiary/aromatic N) is 5. The largest absolute Gasteiger partial charge is 0.444 e. The van der Waals surface area contributed by atoms with E-state index in [2.05, 4.69) is 19.7 Å². The van der Waals surface area contributed by atoms with Crippen LogP contribution in [0.15, 0.2) is 18.2 Å². The highest BCUT2D eigenvalue weighted by Crippen LogP contribution is 2.31. The molecule has 0 aliphatic carbocycles. The van der Waals surface area contributed by atoms with Crippen LogP contribution in [-0.2, 0) is 24.4 Å². The molecular formula is C22H31FN6O2. The number of halogens is 1. The first-order valence-corrected chi connectivity index (χ1v) is 10.9. The summed E-state index contributed by atoms with van der Waals surface area (Å²) in [5.41, 5.74) is 6.37. The summed E-state index contributed by atoms with van der Waals surface area (Å²) < 4.78 is 21.8. The van der Waals surface area contributed by atoms with Gasteiger partial charge >= 0.3 is 6.09 Å². The van der Waals surface area contributed by atoms with Crippen molar-refractivity contribution in [2.75, 3.05) is 25.4 Å². The van der Waals surface area contributed by atoms with Crippen LogP contribution in [0.5, 0.6) is 0 Å². The van der Waals surface area contributed by atoms with Crippen molar-refractivity contribution in [2.24, 2.45) is 0 Å². The van der Waals surface area contributed by atoms with Crippen molar-refractivity contribution in [1.82, 2.24) is 24.6 Å². The van der Waals surface area contributed by atoms with Crippen molar-refractivity contribution in [2.45, 2.75) is 64.8 Å². The lowest BCUT2D eigenvalue weighted by molar-refractivity contribution is 0.0193. The van der Waals surface area contributed by atoms with Crippen LogP contribution in [0.3, 0.4) is 0 Å². The summed E-state index contributed by atoms with van der Waals surface area (Å²) in [6, 6.07) is 4.99. The number of hydrogen-bond donors (Lipinski definition) is 1. The maximum absolute atomic E-state index is 14.3. The molecule has 8 nitrogen and oxygen atoms in total. The lowest BCUT2D eigenvalue weighted by Crippen LogP contribution is -2.42. The highest BCUT2D eigenvalue weighted by atomic mass is 19.1. The van der Waals surface area contributed by atoms with Crippen LogP contribution < -0.4 is 5.73 Å². The van der Waals surface area contributed by atoms with E-state index in [0.29, 0.717) is 31.9 Å². The van der Waals surface area contributed by atoms with Gasteiger partial charge in [0, 0.05) is 18.8 Å². The second-order valence-electron chi connectivity index (χ2n) is 9.42. The van der Waals surface area contributed by atoms with Gasteiger partial charge in [0.15, 0.2) is 5.82 Å². The average molecular weight is 431 g/mol. The quantitative estimate of drug-likeness (QED) is 0.753. The Hall–Kier alpha value is -2.68. The van der Waals surface area contributed by atoms with Crippen LogP contribution in [0, 0.1) is 5.82 Å². The van der Waals surface area contributed by atoms with Gasteiger partial charge < -0.3 is 15.0 Å². The predicted molar refractivity (Wildman–Crippen MR) is 115 cm³/mol. The standard InChI is InChI=1S/C22H31FN6O2/c1-22(2,3)31-21(30)28-10-11-29-19(25-26-20(29)14-28)13-27-8-6-15(7-9-27)17-5-4-16(24)12-18(17)23/h4-5,12,15H,6-11,13-14,24H2,1-3H3. The molecule has 2 aromatic rings. The van der Waals surface area contributed by atoms with Crippen LogP contribution >= 0.6 is 0 Å². The fourth-order valence-corrected chi connectivity index (χ4v) is 4.29. The van der Waals surface area contributed by atoms with Crippen LogP contribution in [-0.4, -0.2) is 55.9 Å². The first kappa shape index (κ1) is 21.5. The third kappa shape index (κ3) is 4.98. The first-order valence-electron chi connectivity index (χ1n) is 10.9. The van der Waals surface area contributed by atoms with Gasteiger partial charge in [-0.15, -0.1) is 10.2 Å². The monoisotopic (exact) mass is 430 g/mol. The molecule has 0 radical (unpaired) electrons. The van der Waals surface area contributed by atoms with E-state index in [9.17, 15) is 9.18 Å². The molecule has 0 atom stereocenters. The number of likely N-dealkylation sites (tertiary alicyclic amines) is 1. The van der Waals surface area contributed by atoms with Gasteiger partial charge in [-0.25, -0.2) is 9.18 Å². The van der Waals surface area contributed by atoms with E-state index in [1.165, 1.54) is 6.07 Å². The lowest BCUT2D eigenvalue weighted by Gasteiger charge is -2.33. The second kappa shape index (κ2) is 8.45. The number of anilines is 1. The molecule has 4 rings (SSSR count). The summed E-state index contributed by atoms with van der Waals surface area (Å²) >= 11 is 0. The van der Waals surface area contributed by atoms with Crippen LogP contribution in [0.4, 0.5) is 14.9 Å². The van der Waals surface area contributed by atoms with Crippen molar-refractivity contribution in [3.05, 3.63) is 41.2 Å². The van der Waals surface area contributed by atoms with E-state index >= 15 is 0 Å². The highest BCUT2D eigenvalue weighted by molar-refractivity contribution is 5.68. The van der Waals surface area contributed by atoms with E-state index in [4.69, 9.17) is 10.5 Å². The van der Waals surface area contributed by atoms with Crippen molar-refractivity contribution in [3.63, 3.8) is 0 Å². The molecule has 0 unspecified atom stereocenters. The predicted octanol–water partition coefficient (Wildman–Crippen LogP) is 3.13. The van der Waals surface area contributed by atoms with Crippen LogP contribution in [0.1, 0.15) is 56.7 Å². The SMILES string of the molecule is CC(C)(C)OC(=O)N1CCn2c(CN3CCC(c4ccc(N)cc4F)CC3)nnc2C1. The number of benzene rings is 1. The minimum Gasteiger partial charge on any atom is -0.444 e. The minimum absolute atomic E-state index is 0.209. The Morgan fingerprint density at radius 3 is 2.61 bits per heavy atom. The van der Waals surface area contributed by atoms with Gasteiger partial charge in [0.05, 0.1) is 13.1 Å². The Morgan fingerprint density at radius 1 is 1.19 bits per heavy atom. The van der Waals surface area contributed by atoms with Gasteiger partial charge in [0.1, 0.15) is 17.2 Å². The Bertz CT molecular complexity index is 946. The molecule has 1 fully saturated rings. The van der Waals surface area contributed by atoms with E-state index in [1.807, 2.05) is 26.8 Å². The van der Waals surface area contributed by atoms with Gasteiger partial charge in [-0.1, -0.05) is 6.07 Å². The summed E-state index contributed by atoms with van der Waals surface area (Å²) in [5, 5.41) is 8.69. The fourth-order valence-electron chi connectivity index (χ4n) is 4.29. The summed E-state index contributed by atoms with van der Waals surface area (Å²) in [7, 11) is 0. The van der Waals surface area contributed by atoms with Gasteiger partial charge in [-0.3, -0.25) is 9.80 Å². The molecule has 31 heavy (non-hydrogen) atoms.